The minimum absolute atomic E-state index is 0. The molecule has 1 radical (unpaired) electrons. The molecule has 1 unspecified atom stereocenters. The minimum Gasteiger partial charge on any atom is -0.305 e. The standard InChI is InChI=1S/C21H26NSi.C19H16N.Ir/c1-23(2,3)21-14-22-20(16-7-5-4-6-8-16)13-19(21)12-18-11-15-9-17(18)10-15;1-14-8-10-16(11-9-14)18-12-19(20-13-15(18)2)17-6-4-3-5-7-17;/h4-7,13-15,17-18H,9-12H2,1-3H3;3-6,8-13H,1-2H3;/q2*-1;/i4D,5D,6D,12D2,13D,14D;1D3,2D3,3D,4D,5D,8D,9D,10D,11D;. The number of aromatic nitrogens is 2. The molecule has 3 aliphatic rings. The van der Waals surface area contributed by atoms with E-state index < -0.39 is 63.4 Å². The third-order valence-electron chi connectivity index (χ3n) is 7.71. The van der Waals surface area contributed by atoms with Crippen molar-refractivity contribution in [2.24, 2.45) is 17.8 Å². The summed E-state index contributed by atoms with van der Waals surface area (Å²) < 4.78 is 162. The van der Waals surface area contributed by atoms with Crippen LogP contribution in [-0.4, -0.2) is 18.0 Å². The zero-order valence-electron chi connectivity index (χ0n) is 44.4. The third kappa shape index (κ3) is 7.37. The van der Waals surface area contributed by atoms with E-state index in [1.807, 2.05) is 19.6 Å². The summed E-state index contributed by atoms with van der Waals surface area (Å²) in [7, 11) is -2.20. The summed E-state index contributed by atoms with van der Waals surface area (Å²) in [6.45, 7) is 0.444. The molecule has 3 aromatic carbocycles. The van der Waals surface area contributed by atoms with E-state index in [4.69, 9.17) is 27.4 Å². The Morgan fingerprint density at radius 1 is 0.909 bits per heavy atom. The van der Waals surface area contributed by atoms with Gasteiger partial charge in [-0.25, -0.2) is 0 Å². The Hall–Kier alpha value is -3.17. The molecule has 4 heteroatoms. The first-order valence-electron chi connectivity index (χ1n) is 24.0. The second-order valence-corrected chi connectivity index (χ2v) is 16.8. The molecule has 0 saturated heterocycles. The largest absolute Gasteiger partial charge is 0.305 e. The van der Waals surface area contributed by atoms with Crippen molar-refractivity contribution in [1.29, 1.82) is 0 Å². The van der Waals surface area contributed by atoms with Crippen molar-refractivity contribution in [3.05, 3.63) is 126 Å². The van der Waals surface area contributed by atoms with Gasteiger partial charge in [0.25, 0.3) is 0 Å². The van der Waals surface area contributed by atoms with Crippen LogP contribution in [0.15, 0.2) is 97.0 Å². The van der Waals surface area contributed by atoms with Gasteiger partial charge in [0.1, 0.15) is 0 Å². The first-order valence-corrected chi connectivity index (χ1v) is 17.5. The molecule has 0 spiro atoms. The molecule has 3 saturated carbocycles. The van der Waals surface area contributed by atoms with Gasteiger partial charge in [-0.3, -0.25) is 0 Å². The normalized spacial score (nSPS) is 25.8. The molecule has 8 rings (SSSR count). The Labute approximate surface area is 306 Å². The number of fused-ring (bicyclic) bond motifs is 1. The Balaban J connectivity index is 0.000000238. The fourth-order valence-electron chi connectivity index (χ4n) is 5.46. The Morgan fingerprint density at radius 3 is 2.20 bits per heavy atom. The van der Waals surface area contributed by atoms with Gasteiger partial charge in [0, 0.05) is 48.9 Å². The molecular formula is C40H42IrN2Si-2. The number of aryl methyl sites for hydroxylation is 1. The Bertz CT molecular complexity index is 2580. The van der Waals surface area contributed by atoms with E-state index in [9.17, 15) is 0 Å². The van der Waals surface area contributed by atoms with Gasteiger partial charge in [-0.1, -0.05) is 67.0 Å². The van der Waals surface area contributed by atoms with Gasteiger partial charge in [-0.15, -0.1) is 71.6 Å². The maximum Gasteiger partial charge on any atom is 0.0828 e. The van der Waals surface area contributed by atoms with Crippen LogP contribution in [0.4, 0.5) is 0 Å². The van der Waals surface area contributed by atoms with Crippen LogP contribution in [-0.2, 0) is 26.5 Å². The van der Waals surface area contributed by atoms with E-state index in [2.05, 4.69) is 22.1 Å². The predicted octanol–water partition coefficient (Wildman–Crippen LogP) is 9.51. The monoisotopic (exact) mass is 791 g/mol. The van der Waals surface area contributed by atoms with Crippen molar-refractivity contribution >= 4 is 13.3 Å². The van der Waals surface area contributed by atoms with E-state index in [-0.39, 0.29) is 114 Å². The summed E-state index contributed by atoms with van der Waals surface area (Å²) >= 11 is 0. The fraction of sp³-hybridized carbons (Fsp3) is 0.300. The molecule has 0 N–H and O–H groups in total. The average Bonchev–Trinajstić information content (AvgIpc) is 3.78. The molecule has 44 heavy (non-hydrogen) atoms. The zero-order valence-corrected chi connectivity index (χ0v) is 27.8. The molecule has 5 aromatic rings. The zero-order chi connectivity index (χ0) is 47.2. The quantitative estimate of drug-likeness (QED) is 0.127. The molecule has 0 aliphatic heterocycles. The van der Waals surface area contributed by atoms with Crippen molar-refractivity contribution in [1.82, 2.24) is 9.97 Å². The van der Waals surface area contributed by atoms with Crippen molar-refractivity contribution < 1.29 is 47.5 Å². The minimum atomic E-state index is -2.92. The van der Waals surface area contributed by atoms with Gasteiger partial charge in [0.15, 0.2) is 0 Å². The first-order chi connectivity index (χ1) is 28.9. The van der Waals surface area contributed by atoms with Crippen molar-refractivity contribution in [2.45, 2.75) is 59.0 Å². The summed E-state index contributed by atoms with van der Waals surface area (Å²) in [4.78, 5) is 8.39. The van der Waals surface area contributed by atoms with Crippen molar-refractivity contribution in [3.8, 4) is 33.6 Å². The van der Waals surface area contributed by atoms with E-state index in [0.717, 1.165) is 25.5 Å². The molecule has 3 aliphatic carbocycles. The van der Waals surface area contributed by atoms with Gasteiger partial charge in [0.2, 0.25) is 0 Å². The van der Waals surface area contributed by atoms with Crippen LogP contribution >= 0.6 is 0 Å². The van der Waals surface area contributed by atoms with Gasteiger partial charge < -0.3 is 9.97 Å². The van der Waals surface area contributed by atoms with E-state index >= 15 is 0 Å². The summed E-state index contributed by atoms with van der Waals surface area (Å²) in [6, 6.07) is 4.13. The van der Waals surface area contributed by atoms with Gasteiger partial charge in [0.05, 0.1) is 16.3 Å². The molecule has 2 nitrogen and oxygen atoms in total. The SMILES string of the molecule is [2H]c1[c-]c(-c2cc(-c3c([2H])c([2H])c(C([2H])([2H])[2H])c([2H])c3[2H])c(C([2H])([2H])[2H])cn2)cc([2H])c1[2H].[2H]c1[c-]c(-c2nc([2H])c([Si](C)(C)C)c(C([2H])([2H])C3CC4CC3C4)c2[2H])cc([2H])c1[2H].[Ir]. The topological polar surface area (TPSA) is 25.8 Å². The van der Waals surface area contributed by atoms with Crippen LogP contribution in [0, 0.1) is 43.6 Å². The molecule has 2 aromatic heterocycles. The Morgan fingerprint density at radius 2 is 1.61 bits per heavy atom. The number of pyridine rings is 2. The molecule has 0 amide bonds. The van der Waals surface area contributed by atoms with Crippen LogP contribution in [0.1, 0.15) is 63.4 Å². The maximum atomic E-state index is 9.10. The second-order valence-electron chi connectivity index (χ2n) is 11.8. The van der Waals surface area contributed by atoms with Crippen LogP contribution in [0.2, 0.25) is 19.6 Å². The fourth-order valence-corrected chi connectivity index (χ4v) is 6.73. The average molecular weight is 791 g/mol. The van der Waals surface area contributed by atoms with Crippen molar-refractivity contribution in [3.63, 3.8) is 0 Å². The first kappa shape index (κ1) is 15.4. The number of rotatable bonds is 6. The van der Waals surface area contributed by atoms with Crippen LogP contribution in [0.25, 0.3) is 33.6 Å². The van der Waals surface area contributed by atoms with Crippen LogP contribution in [0.3, 0.4) is 0 Å². The summed E-state index contributed by atoms with van der Waals surface area (Å²) in [5, 5.41) is 0.583. The smallest absolute Gasteiger partial charge is 0.0828 e. The second kappa shape index (κ2) is 13.9. The van der Waals surface area contributed by atoms with Crippen molar-refractivity contribution in [2.75, 3.05) is 0 Å². The summed E-state index contributed by atoms with van der Waals surface area (Å²) in [5.74, 6) is 0.749. The number of benzene rings is 3. The van der Waals surface area contributed by atoms with Gasteiger partial charge >= 0.3 is 0 Å². The van der Waals surface area contributed by atoms with E-state index in [0.29, 0.717) is 17.0 Å². The van der Waals surface area contributed by atoms with E-state index in [1.165, 1.54) is 18.2 Å². The van der Waals surface area contributed by atoms with Gasteiger partial charge in [-0.2, -0.15) is 0 Å². The van der Waals surface area contributed by atoms with Crippen LogP contribution in [0.5, 0.6) is 0 Å². The van der Waals surface area contributed by atoms with Crippen LogP contribution < -0.4 is 5.19 Å². The third-order valence-corrected chi connectivity index (χ3v) is 9.57. The summed E-state index contributed by atoms with van der Waals surface area (Å²) in [6.07, 6.45) is 2.13. The number of hydrogen-bond donors (Lipinski definition) is 0. The molecule has 227 valence electrons. The molecule has 2 heterocycles. The maximum absolute atomic E-state index is 9.10. The summed E-state index contributed by atoms with van der Waals surface area (Å²) in [5.41, 5.74) is -1.13. The van der Waals surface area contributed by atoms with Gasteiger partial charge in [-0.05, 0) is 93.1 Å². The predicted molar refractivity (Wildman–Crippen MR) is 183 cm³/mol. The molecule has 3 fully saturated rings. The molecule has 1 atom stereocenters. The molecule has 2 bridgehead atoms. The Kier molecular flexibility index (Phi) is 4.85. The molecular weight excluding hydrogens is 729 g/mol. The van der Waals surface area contributed by atoms with E-state index in [1.54, 1.807) is 0 Å². The number of nitrogens with zero attached hydrogens (tertiary/aromatic N) is 2. The number of hydrogen-bond acceptors (Lipinski definition) is 2.